The molecular weight excluding hydrogens is 316 g/mol. The molecule has 118 valence electrons. The van der Waals surface area contributed by atoms with Crippen molar-refractivity contribution in [2.24, 2.45) is 5.73 Å². The number of methoxy groups -OCH3 is 1. The van der Waals surface area contributed by atoms with Gasteiger partial charge in [0, 0.05) is 25.4 Å². The molecule has 0 aliphatic carbocycles. The maximum Gasteiger partial charge on any atom is 0.246 e. The van der Waals surface area contributed by atoms with Crippen molar-refractivity contribution in [3.8, 4) is 5.75 Å². The highest BCUT2D eigenvalue weighted by Crippen LogP contribution is 2.30. The molecule has 21 heavy (non-hydrogen) atoms. The zero-order valence-corrected chi connectivity index (χ0v) is 13.4. The second-order valence-corrected chi connectivity index (χ2v) is 8.92. The third-order valence-corrected chi connectivity index (χ3v) is 6.37. The minimum absolute atomic E-state index is 0.0645. The summed E-state index contributed by atoms with van der Waals surface area (Å²) >= 11 is 0. The molecule has 0 bridgehead atoms. The Balaban J connectivity index is 2.55. The summed E-state index contributed by atoms with van der Waals surface area (Å²) in [5.74, 6) is 0.114. The van der Waals surface area contributed by atoms with E-state index in [0.29, 0.717) is 13.0 Å². The van der Waals surface area contributed by atoms with Crippen LogP contribution in [0.15, 0.2) is 28.0 Å². The molecular formula is C12H18N2O5S2. The number of sulfone groups is 1. The van der Waals surface area contributed by atoms with E-state index in [0.717, 1.165) is 12.3 Å². The molecule has 0 unspecified atom stereocenters. The Morgan fingerprint density at radius 2 is 1.95 bits per heavy atom. The van der Waals surface area contributed by atoms with E-state index < -0.39 is 19.9 Å². The van der Waals surface area contributed by atoms with Crippen LogP contribution < -0.4 is 10.5 Å². The lowest BCUT2D eigenvalue weighted by atomic mass is 10.3. The molecule has 1 aliphatic heterocycles. The van der Waals surface area contributed by atoms with Gasteiger partial charge in [-0.2, -0.15) is 4.31 Å². The summed E-state index contributed by atoms with van der Waals surface area (Å²) in [6.07, 6.45) is 1.60. The first-order valence-corrected chi connectivity index (χ1v) is 9.63. The number of sulfonamides is 1. The Morgan fingerprint density at radius 3 is 2.43 bits per heavy atom. The second-order valence-electron chi connectivity index (χ2n) is 5.00. The van der Waals surface area contributed by atoms with E-state index in [4.69, 9.17) is 10.5 Å². The lowest BCUT2D eigenvalue weighted by molar-refractivity contribution is 0.397. The monoisotopic (exact) mass is 334 g/mol. The van der Waals surface area contributed by atoms with Crippen LogP contribution in [0.4, 0.5) is 0 Å². The Morgan fingerprint density at radius 1 is 1.29 bits per heavy atom. The number of hydrogen-bond acceptors (Lipinski definition) is 6. The second kappa shape index (κ2) is 5.56. The lowest BCUT2D eigenvalue weighted by Crippen LogP contribution is -2.32. The standard InChI is InChI=1S/C12H18N2O5S2/c1-19-11-4-3-10(20(2,15)16)7-12(11)21(17,18)14-6-5-9(13)8-14/h3-4,7,9H,5-6,8,13H2,1-2H3/t9-/m1/s1. The average Bonchev–Trinajstić information content (AvgIpc) is 2.84. The van der Waals surface area contributed by atoms with Gasteiger partial charge in [0.15, 0.2) is 9.84 Å². The first kappa shape index (κ1) is 16.2. The minimum Gasteiger partial charge on any atom is -0.495 e. The topological polar surface area (TPSA) is 107 Å². The molecule has 1 aromatic rings. The van der Waals surface area contributed by atoms with Crippen molar-refractivity contribution in [1.82, 2.24) is 4.31 Å². The van der Waals surface area contributed by atoms with E-state index in [1.54, 1.807) is 0 Å². The molecule has 0 spiro atoms. The molecule has 7 nitrogen and oxygen atoms in total. The van der Waals surface area contributed by atoms with Crippen LogP contribution in [0, 0.1) is 0 Å². The number of benzene rings is 1. The van der Waals surface area contributed by atoms with Crippen molar-refractivity contribution < 1.29 is 21.6 Å². The van der Waals surface area contributed by atoms with Crippen molar-refractivity contribution >= 4 is 19.9 Å². The minimum atomic E-state index is -3.83. The van der Waals surface area contributed by atoms with Crippen molar-refractivity contribution in [3.63, 3.8) is 0 Å². The molecule has 1 aromatic carbocycles. The van der Waals surface area contributed by atoms with E-state index in [2.05, 4.69) is 0 Å². The van der Waals surface area contributed by atoms with Crippen LogP contribution >= 0.6 is 0 Å². The Hall–Kier alpha value is -1.16. The van der Waals surface area contributed by atoms with Crippen molar-refractivity contribution in [1.29, 1.82) is 0 Å². The molecule has 0 radical (unpaired) electrons. The normalized spacial score (nSPS) is 20.6. The van der Waals surface area contributed by atoms with Crippen molar-refractivity contribution in [2.75, 3.05) is 26.5 Å². The van der Waals surface area contributed by atoms with Crippen LogP contribution in [0.2, 0.25) is 0 Å². The van der Waals surface area contributed by atoms with Gasteiger partial charge in [0.05, 0.1) is 12.0 Å². The van der Waals surface area contributed by atoms with E-state index in [1.165, 1.54) is 23.5 Å². The van der Waals surface area contributed by atoms with Gasteiger partial charge in [-0.1, -0.05) is 0 Å². The Bertz CT molecular complexity index is 743. The quantitative estimate of drug-likeness (QED) is 0.818. The average molecular weight is 334 g/mol. The van der Waals surface area contributed by atoms with E-state index in [9.17, 15) is 16.8 Å². The van der Waals surface area contributed by atoms with Gasteiger partial charge in [-0.15, -0.1) is 0 Å². The number of nitrogens with zero attached hydrogens (tertiary/aromatic N) is 1. The van der Waals surface area contributed by atoms with Gasteiger partial charge in [-0.3, -0.25) is 0 Å². The molecule has 1 saturated heterocycles. The van der Waals surface area contributed by atoms with Crippen LogP contribution in [-0.2, 0) is 19.9 Å². The molecule has 0 aromatic heterocycles. The summed E-state index contributed by atoms with van der Waals surface area (Å²) in [5.41, 5.74) is 5.74. The molecule has 2 rings (SSSR count). The summed E-state index contributed by atoms with van der Waals surface area (Å²) in [4.78, 5) is -0.215. The highest BCUT2D eigenvalue weighted by atomic mass is 32.2. The molecule has 1 atom stereocenters. The summed E-state index contributed by atoms with van der Waals surface area (Å²) in [6, 6.07) is 3.60. The number of hydrogen-bond donors (Lipinski definition) is 1. The highest BCUT2D eigenvalue weighted by Gasteiger charge is 2.33. The third kappa shape index (κ3) is 3.20. The number of rotatable bonds is 4. The number of ether oxygens (including phenoxy) is 1. The predicted octanol–water partition coefficient (Wildman–Crippen LogP) is -0.180. The van der Waals surface area contributed by atoms with Gasteiger partial charge in [0.2, 0.25) is 10.0 Å². The molecule has 0 saturated carbocycles. The van der Waals surface area contributed by atoms with Crippen LogP contribution in [-0.4, -0.2) is 53.6 Å². The Kier molecular flexibility index (Phi) is 4.29. The molecule has 1 fully saturated rings. The SMILES string of the molecule is COc1ccc(S(C)(=O)=O)cc1S(=O)(=O)N1CC[C@@H](N)C1. The van der Waals surface area contributed by atoms with E-state index >= 15 is 0 Å². The first-order valence-electron chi connectivity index (χ1n) is 6.30. The van der Waals surface area contributed by atoms with Gasteiger partial charge < -0.3 is 10.5 Å². The van der Waals surface area contributed by atoms with E-state index in [1.807, 2.05) is 0 Å². The fraction of sp³-hybridized carbons (Fsp3) is 0.500. The van der Waals surface area contributed by atoms with Gasteiger partial charge in [0.1, 0.15) is 10.6 Å². The smallest absolute Gasteiger partial charge is 0.246 e. The first-order chi connectivity index (χ1) is 9.66. The number of nitrogens with two attached hydrogens (primary N) is 1. The van der Waals surface area contributed by atoms with Gasteiger partial charge in [-0.05, 0) is 24.6 Å². The fourth-order valence-corrected chi connectivity index (χ4v) is 4.62. The van der Waals surface area contributed by atoms with Crippen LogP contribution in [0.3, 0.4) is 0 Å². The molecule has 0 amide bonds. The zero-order chi connectivity index (χ0) is 15.8. The van der Waals surface area contributed by atoms with Crippen LogP contribution in [0.5, 0.6) is 5.75 Å². The Labute approximate surface area is 124 Å². The van der Waals surface area contributed by atoms with Crippen LogP contribution in [0.25, 0.3) is 0 Å². The summed E-state index contributed by atoms with van der Waals surface area (Å²) in [7, 11) is -6.00. The van der Waals surface area contributed by atoms with Crippen molar-refractivity contribution in [3.05, 3.63) is 18.2 Å². The predicted molar refractivity (Wildman–Crippen MR) is 77.5 cm³/mol. The molecule has 1 aliphatic rings. The van der Waals surface area contributed by atoms with Crippen LogP contribution in [0.1, 0.15) is 6.42 Å². The largest absolute Gasteiger partial charge is 0.495 e. The maximum atomic E-state index is 12.6. The highest BCUT2D eigenvalue weighted by molar-refractivity contribution is 7.91. The summed E-state index contributed by atoms with van der Waals surface area (Å²) in [5, 5.41) is 0. The molecule has 2 N–H and O–H groups in total. The fourth-order valence-electron chi connectivity index (χ4n) is 2.20. The van der Waals surface area contributed by atoms with Gasteiger partial charge >= 0.3 is 0 Å². The van der Waals surface area contributed by atoms with Gasteiger partial charge in [-0.25, -0.2) is 16.8 Å². The third-order valence-electron chi connectivity index (χ3n) is 3.37. The summed E-state index contributed by atoms with van der Waals surface area (Å²) < 4.78 is 54.8. The van der Waals surface area contributed by atoms with E-state index in [-0.39, 0.29) is 28.1 Å². The van der Waals surface area contributed by atoms with Crippen molar-refractivity contribution in [2.45, 2.75) is 22.3 Å². The zero-order valence-electron chi connectivity index (χ0n) is 11.8. The summed E-state index contributed by atoms with van der Waals surface area (Å²) in [6.45, 7) is 0.532. The van der Waals surface area contributed by atoms with Gasteiger partial charge in [0.25, 0.3) is 0 Å². The molecule has 1 heterocycles. The molecule has 9 heteroatoms. The maximum absolute atomic E-state index is 12.6. The lowest BCUT2D eigenvalue weighted by Gasteiger charge is -2.18.